The number of ether oxygens (including phenoxy) is 3. The third kappa shape index (κ3) is 6.88. The van der Waals surface area contributed by atoms with Crippen molar-refractivity contribution in [3.05, 3.63) is 53.8 Å². The molecule has 1 aromatic rings. The van der Waals surface area contributed by atoms with Crippen LogP contribution in [0.4, 0.5) is 17.6 Å². The second-order valence-electron chi connectivity index (χ2n) is 10.2. The molecule has 1 aliphatic heterocycles. The maximum atomic E-state index is 14.3. The van der Waals surface area contributed by atoms with Gasteiger partial charge in [-0.15, -0.1) is 0 Å². The molecule has 1 heterocycles. The minimum atomic E-state index is -2.77. The van der Waals surface area contributed by atoms with Crippen LogP contribution in [0, 0.1) is 41.2 Å². The van der Waals surface area contributed by atoms with E-state index in [0.29, 0.717) is 31.5 Å². The molecule has 3 aliphatic rings. The molecular formula is C28H36F4O3. The zero-order valence-electron chi connectivity index (χ0n) is 20.3. The zero-order valence-corrected chi connectivity index (χ0v) is 20.3. The van der Waals surface area contributed by atoms with Crippen LogP contribution in [-0.2, 0) is 9.47 Å². The van der Waals surface area contributed by atoms with E-state index >= 15 is 0 Å². The number of allylic oxidation sites excluding steroid dienone is 3. The lowest BCUT2D eigenvalue weighted by Crippen LogP contribution is -2.35. The van der Waals surface area contributed by atoms with Gasteiger partial charge < -0.3 is 14.2 Å². The van der Waals surface area contributed by atoms with Gasteiger partial charge in [0.2, 0.25) is 0 Å². The van der Waals surface area contributed by atoms with Crippen molar-refractivity contribution in [2.24, 2.45) is 29.6 Å². The Bertz CT molecular complexity index is 840. The maximum absolute atomic E-state index is 14.3. The summed E-state index contributed by atoms with van der Waals surface area (Å²) in [7, 11) is 0. The number of benzene rings is 1. The molecule has 3 nitrogen and oxygen atoms in total. The predicted octanol–water partition coefficient (Wildman–Crippen LogP) is 7.97. The lowest BCUT2D eigenvalue weighted by Gasteiger charge is -2.41. The van der Waals surface area contributed by atoms with Gasteiger partial charge in [-0.25, -0.2) is 17.6 Å². The smallest absolute Gasteiger partial charge is 0.260 e. The van der Waals surface area contributed by atoms with Crippen LogP contribution in [0.5, 0.6) is 5.75 Å². The van der Waals surface area contributed by atoms with Crippen molar-refractivity contribution < 1.29 is 31.8 Å². The highest BCUT2D eigenvalue weighted by atomic mass is 19.3. The Morgan fingerprint density at radius 2 is 1.34 bits per heavy atom. The van der Waals surface area contributed by atoms with Crippen LogP contribution in [-0.4, -0.2) is 19.6 Å². The highest BCUT2D eigenvalue weighted by molar-refractivity contribution is 5.32. The minimum Gasteiger partial charge on any atom is -0.459 e. The zero-order chi connectivity index (χ0) is 24.8. The topological polar surface area (TPSA) is 27.7 Å². The van der Waals surface area contributed by atoms with Crippen LogP contribution in [0.1, 0.15) is 70.1 Å². The number of halogens is 4. The summed E-state index contributed by atoms with van der Waals surface area (Å²) < 4.78 is 69.3. The molecule has 2 aliphatic carbocycles. The molecule has 0 aromatic heterocycles. The number of alkyl halides is 2. The van der Waals surface area contributed by atoms with Crippen LogP contribution in [0.15, 0.2) is 36.6 Å². The van der Waals surface area contributed by atoms with E-state index in [2.05, 4.69) is 19.1 Å². The van der Waals surface area contributed by atoms with Crippen LogP contribution < -0.4 is 4.74 Å². The van der Waals surface area contributed by atoms with E-state index in [4.69, 9.17) is 14.2 Å². The number of rotatable bonds is 7. The van der Waals surface area contributed by atoms with Gasteiger partial charge in [0.05, 0.1) is 19.5 Å². The van der Waals surface area contributed by atoms with Gasteiger partial charge in [0.1, 0.15) is 0 Å². The van der Waals surface area contributed by atoms with Crippen molar-refractivity contribution in [2.45, 2.75) is 71.0 Å². The molecule has 4 rings (SSSR count). The fourth-order valence-electron chi connectivity index (χ4n) is 6.15. The minimum absolute atomic E-state index is 0.209. The molecule has 35 heavy (non-hydrogen) atoms. The average Bonchev–Trinajstić information content (AvgIpc) is 2.86. The molecule has 3 fully saturated rings. The molecule has 1 aromatic carbocycles. The summed E-state index contributed by atoms with van der Waals surface area (Å²) in [4.78, 5) is 0. The molecule has 0 radical (unpaired) electrons. The van der Waals surface area contributed by atoms with Crippen LogP contribution >= 0.6 is 0 Å². The highest BCUT2D eigenvalue weighted by Gasteiger charge is 2.35. The highest BCUT2D eigenvalue weighted by Crippen LogP contribution is 2.44. The van der Waals surface area contributed by atoms with Crippen LogP contribution in [0.2, 0.25) is 0 Å². The molecule has 0 amide bonds. The molecule has 1 saturated heterocycles. The van der Waals surface area contributed by atoms with E-state index in [1.165, 1.54) is 51.4 Å². The van der Waals surface area contributed by atoms with Crippen molar-refractivity contribution in [1.82, 2.24) is 0 Å². The van der Waals surface area contributed by atoms with Gasteiger partial charge in [0.15, 0.2) is 23.7 Å². The quantitative estimate of drug-likeness (QED) is 0.218. The van der Waals surface area contributed by atoms with Crippen molar-refractivity contribution in [2.75, 3.05) is 13.2 Å². The Morgan fingerprint density at radius 3 is 1.86 bits per heavy atom. The summed E-state index contributed by atoms with van der Waals surface area (Å²) in [5.41, 5.74) is 0.209. The second-order valence-corrected chi connectivity index (χ2v) is 10.2. The number of hydrogen-bond donors (Lipinski definition) is 0. The van der Waals surface area contributed by atoms with Crippen molar-refractivity contribution in [1.29, 1.82) is 0 Å². The molecule has 0 unspecified atom stereocenters. The Hall–Kier alpha value is -1.86. The van der Waals surface area contributed by atoms with Gasteiger partial charge in [0, 0.05) is 17.6 Å². The summed E-state index contributed by atoms with van der Waals surface area (Å²) in [6.07, 6.45) is 12.1. The van der Waals surface area contributed by atoms with E-state index < -0.39 is 30.1 Å². The lowest BCUT2D eigenvalue weighted by atomic mass is 9.67. The van der Waals surface area contributed by atoms with Gasteiger partial charge in [0.25, 0.3) is 6.43 Å². The third-order valence-electron chi connectivity index (χ3n) is 8.06. The van der Waals surface area contributed by atoms with E-state index in [1.54, 1.807) is 0 Å². The van der Waals surface area contributed by atoms with Gasteiger partial charge in [-0.3, -0.25) is 0 Å². The SMILES string of the molecule is C/C=C/C1CCC(C2CCC(C3COC(c4cc(F)c(O/C=C/C(F)F)c(F)c4)OC3)CC2)CC1. The molecule has 0 N–H and O–H groups in total. The van der Waals surface area contributed by atoms with E-state index in [9.17, 15) is 17.6 Å². The van der Waals surface area contributed by atoms with Crippen molar-refractivity contribution in [3.8, 4) is 5.75 Å². The third-order valence-corrected chi connectivity index (χ3v) is 8.06. The summed E-state index contributed by atoms with van der Waals surface area (Å²) in [6, 6.07) is 2.13. The molecule has 0 spiro atoms. The predicted molar refractivity (Wildman–Crippen MR) is 126 cm³/mol. The fraction of sp³-hybridized carbons (Fsp3) is 0.643. The Balaban J connectivity index is 1.24. The molecule has 194 valence electrons. The van der Waals surface area contributed by atoms with Gasteiger partial charge in [-0.1, -0.05) is 12.2 Å². The van der Waals surface area contributed by atoms with Gasteiger partial charge in [-0.05, 0) is 94.1 Å². The van der Waals surface area contributed by atoms with E-state index in [0.717, 1.165) is 29.9 Å². The van der Waals surface area contributed by atoms with E-state index in [1.807, 2.05) is 0 Å². The Morgan fingerprint density at radius 1 is 0.829 bits per heavy atom. The first-order valence-electron chi connectivity index (χ1n) is 12.9. The van der Waals surface area contributed by atoms with Crippen LogP contribution in [0.3, 0.4) is 0 Å². The summed E-state index contributed by atoms with van der Waals surface area (Å²) in [6.45, 7) is 3.09. The lowest BCUT2D eigenvalue weighted by molar-refractivity contribution is -0.215. The standard InChI is InChI=1S/C28H36F4O3/c1-2-3-18-4-6-19(7-5-18)20-8-10-21(11-9-20)23-16-34-28(35-17-23)22-14-24(29)27(25(30)15-22)33-13-12-26(31)32/h2-3,12-15,18-21,23,26,28H,4-11,16-17H2,1H3/b3-2+,13-12+. The number of hydrogen-bond acceptors (Lipinski definition) is 3. The molecule has 7 heteroatoms. The first-order chi connectivity index (χ1) is 16.9. The Labute approximate surface area is 205 Å². The largest absolute Gasteiger partial charge is 0.459 e. The van der Waals surface area contributed by atoms with Crippen molar-refractivity contribution in [3.63, 3.8) is 0 Å². The van der Waals surface area contributed by atoms with Gasteiger partial charge in [-0.2, -0.15) is 0 Å². The first kappa shape index (κ1) is 26.2. The molecule has 2 saturated carbocycles. The Kier molecular flexibility index (Phi) is 9.28. The normalized spacial score (nSPS) is 32.5. The van der Waals surface area contributed by atoms with E-state index in [-0.39, 0.29) is 11.5 Å². The van der Waals surface area contributed by atoms with Crippen LogP contribution in [0.25, 0.3) is 0 Å². The van der Waals surface area contributed by atoms with Gasteiger partial charge >= 0.3 is 0 Å². The second kappa shape index (κ2) is 12.4. The summed E-state index contributed by atoms with van der Waals surface area (Å²) in [5, 5.41) is 0. The summed E-state index contributed by atoms with van der Waals surface area (Å²) >= 11 is 0. The first-order valence-corrected chi connectivity index (χ1v) is 12.9. The van der Waals surface area contributed by atoms with Crippen molar-refractivity contribution >= 4 is 0 Å². The average molecular weight is 497 g/mol. The molecule has 0 atom stereocenters. The summed E-state index contributed by atoms with van der Waals surface area (Å²) in [5.74, 6) is 0.586. The molecular weight excluding hydrogens is 460 g/mol. The maximum Gasteiger partial charge on any atom is 0.260 e. The molecule has 0 bridgehead atoms. The monoisotopic (exact) mass is 496 g/mol. The fourth-order valence-corrected chi connectivity index (χ4v) is 6.15.